The zero-order chi connectivity index (χ0) is 15.8. The smallest absolute Gasteiger partial charge is 0.137 e. The van der Waals surface area contributed by atoms with Gasteiger partial charge in [-0.2, -0.15) is 0 Å². The van der Waals surface area contributed by atoms with Gasteiger partial charge in [0.05, 0.1) is 18.7 Å². The summed E-state index contributed by atoms with van der Waals surface area (Å²) in [5.74, 6) is 2.34. The van der Waals surface area contributed by atoms with Crippen LogP contribution in [-0.2, 0) is 6.54 Å². The number of rotatable bonds is 9. The van der Waals surface area contributed by atoms with Crippen LogP contribution in [0.15, 0.2) is 34.7 Å². The van der Waals surface area contributed by atoms with Crippen LogP contribution in [0.1, 0.15) is 25.0 Å². The molecule has 2 aromatic rings. The van der Waals surface area contributed by atoms with E-state index in [0.29, 0.717) is 17.3 Å². The molecule has 0 saturated carbocycles. The van der Waals surface area contributed by atoms with Crippen molar-refractivity contribution in [2.45, 2.75) is 25.8 Å². The first kappa shape index (κ1) is 19.8. The Morgan fingerprint density at radius 1 is 1.17 bits per heavy atom. The van der Waals surface area contributed by atoms with Gasteiger partial charge in [0.2, 0.25) is 0 Å². The molecule has 0 fully saturated rings. The van der Waals surface area contributed by atoms with E-state index < -0.39 is 0 Å². The largest absolute Gasteiger partial charge is 0.495 e. The van der Waals surface area contributed by atoms with Gasteiger partial charge in [-0.3, -0.25) is 0 Å². The summed E-state index contributed by atoms with van der Waals surface area (Å²) in [5.41, 5.74) is 0.931. The van der Waals surface area contributed by atoms with Crippen molar-refractivity contribution in [3.63, 3.8) is 0 Å². The number of methoxy groups -OCH3 is 1. The fraction of sp³-hybridized carbons (Fsp3) is 0.412. The van der Waals surface area contributed by atoms with Crippen LogP contribution in [0, 0.1) is 0 Å². The Morgan fingerprint density at radius 3 is 2.70 bits per heavy atom. The number of aliphatic hydroxyl groups excluding tert-OH is 1. The lowest BCUT2D eigenvalue weighted by Crippen LogP contribution is -2.14. The number of benzene rings is 1. The lowest BCUT2D eigenvalue weighted by Gasteiger charge is -2.04. The number of unbranched alkanes of at least 4 members (excludes halogenated alkanes) is 2. The van der Waals surface area contributed by atoms with Crippen LogP contribution in [0.2, 0.25) is 5.02 Å². The molecule has 128 valence electrons. The fourth-order valence-corrected chi connectivity index (χ4v) is 2.46. The summed E-state index contributed by atoms with van der Waals surface area (Å²) in [5, 5.41) is 12.6. The Morgan fingerprint density at radius 2 is 2.00 bits per heavy atom. The van der Waals surface area contributed by atoms with E-state index in [0.717, 1.165) is 42.9 Å². The normalized spacial score (nSPS) is 10.4. The minimum atomic E-state index is 0. The molecule has 1 aromatic heterocycles. The molecule has 0 saturated heterocycles. The minimum Gasteiger partial charge on any atom is -0.495 e. The Kier molecular flexibility index (Phi) is 9.10. The summed E-state index contributed by atoms with van der Waals surface area (Å²) in [6, 6.07) is 9.51. The van der Waals surface area contributed by atoms with Gasteiger partial charge in [-0.1, -0.05) is 11.6 Å². The highest BCUT2D eigenvalue weighted by Crippen LogP contribution is 2.31. The first-order valence-electron chi connectivity index (χ1n) is 7.49. The fourth-order valence-electron chi connectivity index (χ4n) is 2.20. The predicted octanol–water partition coefficient (Wildman–Crippen LogP) is 4.28. The second-order valence-corrected chi connectivity index (χ2v) is 5.48. The van der Waals surface area contributed by atoms with Crippen molar-refractivity contribution in [2.24, 2.45) is 0 Å². The van der Waals surface area contributed by atoms with Crippen LogP contribution < -0.4 is 10.1 Å². The standard InChI is InChI=1S/C17H22ClNO3.ClH/c1-21-17-7-5-13(11-15(17)18)16-8-6-14(22-16)12-19-9-3-2-4-10-20;/h5-8,11,19-20H,2-4,9-10,12H2,1H3;1H. The van der Waals surface area contributed by atoms with Crippen molar-refractivity contribution in [2.75, 3.05) is 20.3 Å². The van der Waals surface area contributed by atoms with Gasteiger partial charge in [-0.15, -0.1) is 12.4 Å². The Labute approximate surface area is 148 Å². The zero-order valence-electron chi connectivity index (χ0n) is 13.2. The van der Waals surface area contributed by atoms with Gasteiger partial charge in [0.25, 0.3) is 0 Å². The van der Waals surface area contributed by atoms with E-state index in [2.05, 4.69) is 5.32 Å². The van der Waals surface area contributed by atoms with E-state index in [1.54, 1.807) is 7.11 Å². The zero-order valence-corrected chi connectivity index (χ0v) is 14.8. The van der Waals surface area contributed by atoms with Crippen molar-refractivity contribution in [1.29, 1.82) is 0 Å². The molecule has 2 rings (SSSR count). The van der Waals surface area contributed by atoms with E-state index in [1.807, 2.05) is 30.3 Å². The monoisotopic (exact) mass is 359 g/mol. The Hall–Kier alpha value is -1.20. The van der Waals surface area contributed by atoms with Crippen LogP contribution in [0.4, 0.5) is 0 Å². The molecule has 0 radical (unpaired) electrons. The highest BCUT2D eigenvalue weighted by Gasteiger charge is 2.08. The van der Waals surface area contributed by atoms with Gasteiger partial charge in [0.15, 0.2) is 0 Å². The molecule has 0 aliphatic rings. The maximum absolute atomic E-state index is 8.71. The topological polar surface area (TPSA) is 54.6 Å². The molecule has 1 aromatic carbocycles. The van der Waals surface area contributed by atoms with E-state index in [4.69, 9.17) is 25.9 Å². The van der Waals surface area contributed by atoms with E-state index in [1.165, 1.54) is 0 Å². The second-order valence-electron chi connectivity index (χ2n) is 5.08. The third kappa shape index (κ3) is 6.07. The highest BCUT2D eigenvalue weighted by molar-refractivity contribution is 6.32. The lowest BCUT2D eigenvalue weighted by molar-refractivity contribution is 0.282. The number of nitrogens with one attached hydrogen (secondary N) is 1. The van der Waals surface area contributed by atoms with Crippen molar-refractivity contribution >= 4 is 24.0 Å². The van der Waals surface area contributed by atoms with E-state index >= 15 is 0 Å². The average molecular weight is 360 g/mol. The maximum atomic E-state index is 8.71. The number of aliphatic hydroxyl groups is 1. The molecule has 0 amide bonds. The third-order valence-electron chi connectivity index (χ3n) is 3.41. The SMILES string of the molecule is COc1ccc(-c2ccc(CNCCCCCO)o2)cc1Cl.Cl. The molecule has 6 heteroatoms. The van der Waals surface area contributed by atoms with Crippen LogP contribution in [0.5, 0.6) is 5.75 Å². The average Bonchev–Trinajstić information content (AvgIpc) is 2.99. The van der Waals surface area contributed by atoms with Crippen LogP contribution in [0.3, 0.4) is 0 Å². The molecule has 0 aliphatic heterocycles. The lowest BCUT2D eigenvalue weighted by atomic mass is 10.2. The van der Waals surface area contributed by atoms with Crippen molar-refractivity contribution < 1.29 is 14.3 Å². The molecular formula is C17H23Cl2NO3. The van der Waals surface area contributed by atoms with Crippen molar-refractivity contribution in [3.05, 3.63) is 41.1 Å². The van der Waals surface area contributed by atoms with Crippen LogP contribution in [0.25, 0.3) is 11.3 Å². The van der Waals surface area contributed by atoms with E-state index in [9.17, 15) is 0 Å². The number of ether oxygens (including phenoxy) is 1. The highest BCUT2D eigenvalue weighted by atomic mass is 35.5. The van der Waals surface area contributed by atoms with E-state index in [-0.39, 0.29) is 19.0 Å². The van der Waals surface area contributed by atoms with Crippen molar-refractivity contribution in [1.82, 2.24) is 5.32 Å². The van der Waals surface area contributed by atoms with Gasteiger partial charge < -0.3 is 19.6 Å². The first-order chi connectivity index (χ1) is 10.7. The van der Waals surface area contributed by atoms with Gasteiger partial charge in [0, 0.05) is 12.2 Å². The summed E-state index contributed by atoms with van der Waals surface area (Å²) in [7, 11) is 1.60. The molecule has 1 heterocycles. The summed E-state index contributed by atoms with van der Waals surface area (Å²) in [6.07, 6.45) is 2.96. The van der Waals surface area contributed by atoms with Crippen LogP contribution in [-0.4, -0.2) is 25.4 Å². The number of hydrogen-bond acceptors (Lipinski definition) is 4. The molecule has 0 atom stereocenters. The maximum Gasteiger partial charge on any atom is 0.137 e. The van der Waals surface area contributed by atoms with Gasteiger partial charge >= 0.3 is 0 Å². The third-order valence-corrected chi connectivity index (χ3v) is 3.70. The summed E-state index contributed by atoms with van der Waals surface area (Å²) < 4.78 is 11.0. The summed E-state index contributed by atoms with van der Waals surface area (Å²) >= 11 is 6.13. The molecule has 0 aliphatic carbocycles. The molecular weight excluding hydrogens is 337 g/mol. The molecule has 0 unspecified atom stereocenters. The summed E-state index contributed by atoms with van der Waals surface area (Å²) in [4.78, 5) is 0. The van der Waals surface area contributed by atoms with Gasteiger partial charge in [-0.25, -0.2) is 0 Å². The molecule has 23 heavy (non-hydrogen) atoms. The Bertz CT molecular complexity index is 587. The molecule has 0 bridgehead atoms. The number of hydrogen-bond donors (Lipinski definition) is 2. The Balaban J connectivity index is 0.00000264. The molecule has 4 nitrogen and oxygen atoms in total. The second kappa shape index (κ2) is 10.6. The molecule has 2 N–H and O–H groups in total. The predicted molar refractivity (Wildman–Crippen MR) is 95.6 cm³/mol. The first-order valence-corrected chi connectivity index (χ1v) is 7.86. The minimum absolute atomic E-state index is 0. The van der Waals surface area contributed by atoms with Gasteiger partial charge in [0.1, 0.15) is 17.3 Å². The van der Waals surface area contributed by atoms with Crippen LogP contribution >= 0.6 is 24.0 Å². The van der Waals surface area contributed by atoms with Gasteiger partial charge in [-0.05, 0) is 56.1 Å². The number of furan rings is 1. The van der Waals surface area contributed by atoms with Crippen molar-refractivity contribution in [3.8, 4) is 17.1 Å². The molecule has 0 spiro atoms. The number of halogens is 2. The summed E-state index contributed by atoms with van der Waals surface area (Å²) in [6.45, 7) is 1.89. The quantitative estimate of drug-likeness (QED) is 0.656.